The molecule has 0 spiro atoms. The zero-order chi connectivity index (χ0) is 11.8. The maximum absolute atomic E-state index is 9.84. The summed E-state index contributed by atoms with van der Waals surface area (Å²) in [6.07, 6.45) is -4.34. The minimum atomic E-state index is -1.17. The minimum absolute atomic E-state index is 0.389. The SMILES string of the molecule is CC(C)(C)C1C(O)[C@H](O)C(CO)O[C@@H]1O. The van der Waals surface area contributed by atoms with Crippen LogP contribution in [0.2, 0.25) is 0 Å². The van der Waals surface area contributed by atoms with E-state index < -0.39 is 37.1 Å². The van der Waals surface area contributed by atoms with Crippen molar-refractivity contribution >= 4 is 0 Å². The van der Waals surface area contributed by atoms with Crippen LogP contribution in [0.25, 0.3) is 0 Å². The summed E-state index contributed by atoms with van der Waals surface area (Å²) in [6, 6.07) is 0. The van der Waals surface area contributed by atoms with Crippen molar-refractivity contribution in [1.29, 1.82) is 0 Å². The Balaban J connectivity index is 2.84. The van der Waals surface area contributed by atoms with Crippen LogP contribution in [-0.4, -0.2) is 51.6 Å². The first kappa shape index (κ1) is 12.9. The van der Waals surface area contributed by atoms with Gasteiger partial charge in [-0.25, -0.2) is 0 Å². The summed E-state index contributed by atoms with van der Waals surface area (Å²) >= 11 is 0. The highest BCUT2D eigenvalue weighted by molar-refractivity contribution is 4.93. The van der Waals surface area contributed by atoms with E-state index in [-0.39, 0.29) is 5.41 Å². The van der Waals surface area contributed by atoms with Gasteiger partial charge in [-0.3, -0.25) is 0 Å². The highest BCUT2D eigenvalue weighted by Crippen LogP contribution is 2.37. The molecule has 0 aromatic rings. The summed E-state index contributed by atoms with van der Waals surface area (Å²) < 4.78 is 5.05. The maximum Gasteiger partial charge on any atom is 0.161 e. The van der Waals surface area contributed by atoms with Crippen molar-refractivity contribution in [2.45, 2.75) is 45.4 Å². The molecule has 0 amide bonds. The van der Waals surface area contributed by atoms with Crippen molar-refractivity contribution in [3.05, 3.63) is 0 Å². The predicted molar refractivity (Wildman–Crippen MR) is 52.9 cm³/mol. The second kappa shape index (κ2) is 4.35. The number of hydrogen-bond donors (Lipinski definition) is 4. The van der Waals surface area contributed by atoms with Crippen LogP contribution < -0.4 is 0 Å². The van der Waals surface area contributed by atoms with E-state index >= 15 is 0 Å². The molecular formula is C10H20O5. The lowest BCUT2D eigenvalue weighted by Gasteiger charge is -2.45. The highest BCUT2D eigenvalue weighted by Gasteiger charge is 2.48. The third kappa shape index (κ3) is 2.49. The van der Waals surface area contributed by atoms with Crippen LogP contribution in [0.15, 0.2) is 0 Å². The maximum atomic E-state index is 9.84. The van der Waals surface area contributed by atoms with Crippen molar-refractivity contribution < 1.29 is 25.2 Å². The summed E-state index contributed by atoms with van der Waals surface area (Å²) in [5.74, 6) is -0.574. The molecule has 0 saturated carbocycles. The fraction of sp³-hybridized carbons (Fsp3) is 1.00. The van der Waals surface area contributed by atoms with E-state index in [0.29, 0.717) is 0 Å². The molecule has 1 saturated heterocycles. The van der Waals surface area contributed by atoms with Crippen molar-refractivity contribution in [1.82, 2.24) is 0 Å². The average molecular weight is 220 g/mol. The van der Waals surface area contributed by atoms with Crippen LogP contribution in [-0.2, 0) is 4.74 Å². The summed E-state index contributed by atoms with van der Waals surface area (Å²) in [5, 5.41) is 38.1. The van der Waals surface area contributed by atoms with Crippen LogP contribution >= 0.6 is 0 Å². The van der Waals surface area contributed by atoms with Gasteiger partial charge in [0.15, 0.2) is 6.29 Å². The molecule has 5 heteroatoms. The third-order valence-electron chi connectivity index (χ3n) is 2.90. The van der Waals surface area contributed by atoms with Gasteiger partial charge in [0.1, 0.15) is 12.2 Å². The Labute approximate surface area is 89.3 Å². The molecular weight excluding hydrogens is 200 g/mol. The molecule has 1 heterocycles. The fourth-order valence-electron chi connectivity index (χ4n) is 2.04. The van der Waals surface area contributed by atoms with Crippen molar-refractivity contribution in [2.24, 2.45) is 11.3 Å². The monoisotopic (exact) mass is 220 g/mol. The van der Waals surface area contributed by atoms with Gasteiger partial charge < -0.3 is 25.2 Å². The molecule has 5 nitrogen and oxygen atoms in total. The predicted octanol–water partition coefficient (Wildman–Crippen LogP) is -0.920. The molecule has 5 atom stereocenters. The Bertz CT molecular complexity index is 212. The van der Waals surface area contributed by atoms with Crippen molar-refractivity contribution in [2.75, 3.05) is 6.61 Å². The highest BCUT2D eigenvalue weighted by atomic mass is 16.6. The van der Waals surface area contributed by atoms with Gasteiger partial charge in [-0.05, 0) is 5.41 Å². The molecule has 0 aromatic carbocycles. The van der Waals surface area contributed by atoms with Crippen LogP contribution in [0, 0.1) is 11.3 Å². The zero-order valence-corrected chi connectivity index (χ0v) is 9.29. The number of rotatable bonds is 1. The summed E-state index contributed by atoms with van der Waals surface area (Å²) in [6.45, 7) is 5.12. The summed E-state index contributed by atoms with van der Waals surface area (Å²) in [4.78, 5) is 0. The van der Waals surface area contributed by atoms with Gasteiger partial charge in [0, 0.05) is 5.92 Å². The van der Waals surface area contributed by atoms with Crippen molar-refractivity contribution in [3.63, 3.8) is 0 Å². The van der Waals surface area contributed by atoms with E-state index in [1.54, 1.807) is 0 Å². The largest absolute Gasteiger partial charge is 0.394 e. The smallest absolute Gasteiger partial charge is 0.161 e. The number of aliphatic hydroxyl groups is 4. The normalized spacial score (nSPS) is 43.0. The van der Waals surface area contributed by atoms with Gasteiger partial charge in [0.2, 0.25) is 0 Å². The molecule has 1 aliphatic rings. The van der Waals surface area contributed by atoms with E-state index in [9.17, 15) is 15.3 Å². The van der Waals surface area contributed by atoms with Crippen molar-refractivity contribution in [3.8, 4) is 0 Å². The average Bonchev–Trinajstić information content (AvgIpc) is 2.09. The van der Waals surface area contributed by atoms with Crippen LogP contribution in [0.5, 0.6) is 0 Å². The summed E-state index contributed by atoms with van der Waals surface area (Å²) in [5.41, 5.74) is -0.389. The first-order valence-electron chi connectivity index (χ1n) is 5.09. The molecule has 1 aliphatic heterocycles. The Kier molecular flexibility index (Phi) is 3.73. The Morgan fingerprint density at radius 3 is 2.00 bits per heavy atom. The summed E-state index contributed by atoms with van der Waals surface area (Å²) in [7, 11) is 0. The molecule has 1 rings (SSSR count). The van der Waals surface area contributed by atoms with Gasteiger partial charge in [-0.2, -0.15) is 0 Å². The Morgan fingerprint density at radius 2 is 1.60 bits per heavy atom. The molecule has 0 aromatic heterocycles. The lowest BCUT2D eigenvalue weighted by atomic mass is 9.73. The molecule has 4 N–H and O–H groups in total. The molecule has 90 valence electrons. The first-order chi connectivity index (χ1) is 6.79. The number of hydrogen-bond acceptors (Lipinski definition) is 5. The van der Waals surface area contributed by atoms with Gasteiger partial charge in [-0.1, -0.05) is 20.8 Å². The standard InChI is InChI=1S/C10H20O5/c1-10(2,3)6-8(13)7(12)5(4-11)15-9(6)14/h5-9,11-14H,4H2,1-3H3/t5?,6?,7-,8?,9+/m1/s1. The van der Waals surface area contributed by atoms with Gasteiger partial charge in [0.25, 0.3) is 0 Å². The lowest BCUT2D eigenvalue weighted by Crippen LogP contribution is -2.58. The topological polar surface area (TPSA) is 90.2 Å². The lowest BCUT2D eigenvalue weighted by molar-refractivity contribution is -0.286. The van der Waals surface area contributed by atoms with E-state index in [1.807, 2.05) is 20.8 Å². The first-order valence-corrected chi connectivity index (χ1v) is 5.09. The van der Waals surface area contributed by atoms with E-state index in [2.05, 4.69) is 0 Å². The molecule has 0 aliphatic carbocycles. The second-order valence-corrected chi connectivity index (χ2v) is 5.12. The van der Waals surface area contributed by atoms with Gasteiger partial charge in [0.05, 0.1) is 12.7 Å². The fourth-order valence-corrected chi connectivity index (χ4v) is 2.04. The van der Waals surface area contributed by atoms with E-state index in [1.165, 1.54) is 0 Å². The number of ether oxygens (including phenoxy) is 1. The molecule has 3 unspecified atom stereocenters. The van der Waals surface area contributed by atoms with Gasteiger partial charge in [-0.15, -0.1) is 0 Å². The van der Waals surface area contributed by atoms with Crippen LogP contribution in [0.4, 0.5) is 0 Å². The van der Waals surface area contributed by atoms with Crippen LogP contribution in [0.1, 0.15) is 20.8 Å². The second-order valence-electron chi connectivity index (χ2n) is 5.12. The zero-order valence-electron chi connectivity index (χ0n) is 9.29. The number of aliphatic hydroxyl groups excluding tert-OH is 4. The Hall–Kier alpha value is -0.200. The van der Waals surface area contributed by atoms with E-state index in [0.717, 1.165) is 0 Å². The minimum Gasteiger partial charge on any atom is -0.394 e. The molecule has 1 fully saturated rings. The Morgan fingerprint density at radius 1 is 1.07 bits per heavy atom. The van der Waals surface area contributed by atoms with E-state index in [4.69, 9.17) is 9.84 Å². The molecule has 15 heavy (non-hydrogen) atoms. The third-order valence-corrected chi connectivity index (χ3v) is 2.90. The molecule has 0 radical (unpaired) electrons. The van der Waals surface area contributed by atoms with Crippen LogP contribution in [0.3, 0.4) is 0 Å². The quantitative estimate of drug-likeness (QED) is 0.459. The molecule has 0 bridgehead atoms. The van der Waals surface area contributed by atoms with Gasteiger partial charge >= 0.3 is 0 Å².